The predicted molar refractivity (Wildman–Crippen MR) is 59.5 cm³/mol. The van der Waals surface area contributed by atoms with Gasteiger partial charge in [-0.2, -0.15) is 11.2 Å². The van der Waals surface area contributed by atoms with Crippen molar-refractivity contribution in [3.8, 4) is 11.4 Å². The van der Waals surface area contributed by atoms with Crippen LogP contribution in [0.5, 0.6) is 0 Å². The maximum atomic E-state index is 4.40. The first-order chi connectivity index (χ1) is 7.18. The zero-order valence-corrected chi connectivity index (χ0v) is 12.6. The molecule has 4 heteroatoms. The van der Waals surface area contributed by atoms with E-state index in [1.807, 2.05) is 19.2 Å². The Hall–Kier alpha value is -0.536. The largest absolute Gasteiger partial charge is 0.381 e. The normalized spacial score (nSPS) is 10.2. The van der Waals surface area contributed by atoms with Gasteiger partial charge in [0.15, 0.2) is 0 Å². The molecule has 0 aliphatic carbocycles. The Bertz CT molecular complexity index is 446. The second-order valence-electron chi connectivity index (χ2n) is 3.97. The van der Waals surface area contributed by atoms with Crippen LogP contribution < -0.4 is 0 Å². The fraction of sp³-hybridized carbons (Fsp3) is 0.333. The molecular formula is C12H14N3Y-. The standard InChI is InChI=1S/C12H14N3.Y/c1-8(2)10-4-5-11(13-7-10)12-9(3)6-14-15-12;/h5-8H,1-3H3,(H,14,15);/q-1;. The molecule has 2 aromatic heterocycles. The van der Waals surface area contributed by atoms with E-state index in [1.54, 1.807) is 6.20 Å². The van der Waals surface area contributed by atoms with E-state index >= 15 is 0 Å². The molecule has 0 saturated carbocycles. The van der Waals surface area contributed by atoms with Gasteiger partial charge in [-0.05, 0) is 24.1 Å². The Balaban J connectivity index is 0.00000128. The van der Waals surface area contributed by atoms with Crippen LogP contribution in [0.2, 0.25) is 0 Å². The Labute approximate surface area is 121 Å². The third-order valence-electron chi connectivity index (χ3n) is 2.43. The SMILES string of the molecule is Cc1cn[nH]c1-c1c[c-]c(C(C)C)cn1.[Y]. The van der Waals surface area contributed by atoms with Crippen LogP contribution in [0.1, 0.15) is 30.9 Å². The summed E-state index contributed by atoms with van der Waals surface area (Å²) in [7, 11) is 0. The zero-order valence-electron chi connectivity index (χ0n) is 9.78. The number of hydrogen-bond acceptors (Lipinski definition) is 2. The minimum absolute atomic E-state index is 0. The fourth-order valence-corrected chi connectivity index (χ4v) is 1.42. The molecule has 81 valence electrons. The Morgan fingerprint density at radius 3 is 2.50 bits per heavy atom. The predicted octanol–water partition coefficient (Wildman–Crippen LogP) is 2.70. The van der Waals surface area contributed by atoms with Gasteiger partial charge in [-0.15, -0.1) is 11.6 Å². The molecule has 2 aromatic rings. The summed E-state index contributed by atoms with van der Waals surface area (Å²) >= 11 is 0. The third-order valence-corrected chi connectivity index (χ3v) is 2.43. The van der Waals surface area contributed by atoms with E-state index in [-0.39, 0.29) is 32.7 Å². The molecule has 2 heterocycles. The number of hydrogen-bond donors (Lipinski definition) is 1. The zero-order chi connectivity index (χ0) is 10.8. The number of pyridine rings is 1. The van der Waals surface area contributed by atoms with Crippen molar-refractivity contribution >= 4 is 0 Å². The topological polar surface area (TPSA) is 41.6 Å². The summed E-state index contributed by atoms with van der Waals surface area (Å²) in [5.41, 5.74) is 4.11. The summed E-state index contributed by atoms with van der Waals surface area (Å²) in [6.45, 7) is 6.28. The van der Waals surface area contributed by atoms with Gasteiger partial charge in [-0.3, -0.25) is 5.10 Å². The smallest absolute Gasteiger partial charge is 0.0512 e. The first-order valence-corrected chi connectivity index (χ1v) is 5.06. The van der Waals surface area contributed by atoms with E-state index in [4.69, 9.17) is 0 Å². The van der Waals surface area contributed by atoms with Crippen molar-refractivity contribution in [2.24, 2.45) is 0 Å². The molecule has 0 atom stereocenters. The summed E-state index contributed by atoms with van der Waals surface area (Å²) < 4.78 is 0. The van der Waals surface area contributed by atoms with E-state index < -0.39 is 0 Å². The van der Waals surface area contributed by atoms with Crippen LogP contribution >= 0.6 is 0 Å². The van der Waals surface area contributed by atoms with Crippen LogP contribution in [0.25, 0.3) is 11.4 Å². The van der Waals surface area contributed by atoms with Crippen LogP contribution in [0, 0.1) is 13.0 Å². The van der Waals surface area contributed by atoms with Gasteiger partial charge in [0.1, 0.15) is 0 Å². The Kier molecular flexibility index (Phi) is 4.81. The molecule has 0 unspecified atom stereocenters. The quantitative estimate of drug-likeness (QED) is 0.864. The molecule has 3 nitrogen and oxygen atoms in total. The van der Waals surface area contributed by atoms with E-state index in [2.05, 4.69) is 35.1 Å². The average molecular weight is 289 g/mol. The number of nitrogens with one attached hydrogen (secondary N) is 1. The number of nitrogens with zero attached hydrogens (tertiary/aromatic N) is 2. The molecule has 0 spiro atoms. The van der Waals surface area contributed by atoms with E-state index in [9.17, 15) is 0 Å². The van der Waals surface area contributed by atoms with Crippen LogP contribution in [0.3, 0.4) is 0 Å². The molecular weight excluding hydrogens is 275 g/mol. The van der Waals surface area contributed by atoms with Gasteiger partial charge >= 0.3 is 0 Å². The van der Waals surface area contributed by atoms with Crippen molar-refractivity contribution in [2.45, 2.75) is 26.7 Å². The molecule has 1 N–H and O–H groups in total. The maximum absolute atomic E-state index is 4.40. The summed E-state index contributed by atoms with van der Waals surface area (Å²) in [5, 5.41) is 6.91. The van der Waals surface area contributed by atoms with E-state index in [0.717, 1.165) is 22.5 Å². The van der Waals surface area contributed by atoms with Crippen molar-refractivity contribution in [3.63, 3.8) is 0 Å². The molecule has 1 radical (unpaired) electrons. The van der Waals surface area contributed by atoms with Crippen molar-refractivity contribution < 1.29 is 32.7 Å². The second-order valence-corrected chi connectivity index (χ2v) is 3.97. The number of rotatable bonds is 2. The molecule has 0 bridgehead atoms. The van der Waals surface area contributed by atoms with Gasteiger partial charge in [0, 0.05) is 38.4 Å². The average Bonchev–Trinajstić information content (AvgIpc) is 2.65. The minimum atomic E-state index is 0. The van der Waals surface area contributed by atoms with Crippen molar-refractivity contribution in [2.75, 3.05) is 0 Å². The minimum Gasteiger partial charge on any atom is -0.381 e. The monoisotopic (exact) mass is 289 g/mol. The van der Waals surface area contributed by atoms with Crippen LogP contribution in [-0.4, -0.2) is 15.2 Å². The van der Waals surface area contributed by atoms with Crippen molar-refractivity contribution in [1.82, 2.24) is 15.2 Å². The van der Waals surface area contributed by atoms with Crippen LogP contribution in [-0.2, 0) is 32.7 Å². The van der Waals surface area contributed by atoms with Gasteiger partial charge in [-0.1, -0.05) is 20.0 Å². The van der Waals surface area contributed by atoms with Gasteiger partial charge < -0.3 is 4.98 Å². The summed E-state index contributed by atoms with van der Waals surface area (Å²) in [4.78, 5) is 4.40. The van der Waals surface area contributed by atoms with Gasteiger partial charge in [0.05, 0.1) is 6.20 Å². The molecule has 0 aromatic carbocycles. The first kappa shape index (κ1) is 13.5. The number of aromatic amines is 1. The molecule has 0 fully saturated rings. The number of aromatic nitrogens is 3. The van der Waals surface area contributed by atoms with Gasteiger partial charge in [0.25, 0.3) is 0 Å². The Morgan fingerprint density at radius 2 is 2.06 bits per heavy atom. The summed E-state index contributed by atoms with van der Waals surface area (Å²) in [5.74, 6) is 0.467. The van der Waals surface area contributed by atoms with Crippen LogP contribution in [0.15, 0.2) is 18.5 Å². The van der Waals surface area contributed by atoms with E-state index in [1.165, 1.54) is 0 Å². The molecule has 0 amide bonds. The third kappa shape index (κ3) is 2.77. The number of aryl methyl sites for hydroxylation is 1. The maximum Gasteiger partial charge on any atom is 0.0512 e. The Morgan fingerprint density at radius 1 is 1.31 bits per heavy atom. The fourth-order valence-electron chi connectivity index (χ4n) is 1.42. The van der Waals surface area contributed by atoms with Crippen LogP contribution in [0.4, 0.5) is 0 Å². The molecule has 0 saturated heterocycles. The summed E-state index contributed by atoms with van der Waals surface area (Å²) in [6.07, 6.45) is 3.67. The molecule has 0 aliphatic heterocycles. The second kappa shape index (κ2) is 5.69. The summed E-state index contributed by atoms with van der Waals surface area (Å²) in [6, 6.07) is 5.15. The molecule has 0 aliphatic rings. The number of H-pyrrole nitrogens is 1. The van der Waals surface area contributed by atoms with Gasteiger partial charge in [0.2, 0.25) is 0 Å². The van der Waals surface area contributed by atoms with Crippen molar-refractivity contribution in [1.29, 1.82) is 0 Å². The molecule has 16 heavy (non-hydrogen) atoms. The van der Waals surface area contributed by atoms with E-state index in [0.29, 0.717) is 5.92 Å². The molecule has 2 rings (SSSR count). The van der Waals surface area contributed by atoms with Gasteiger partial charge in [-0.25, -0.2) is 0 Å². The first-order valence-electron chi connectivity index (χ1n) is 5.06. The van der Waals surface area contributed by atoms with Crippen molar-refractivity contribution in [3.05, 3.63) is 35.7 Å².